The minimum Gasteiger partial charge on any atom is -0.313 e. The Morgan fingerprint density at radius 2 is 2.11 bits per heavy atom. The zero-order chi connectivity index (χ0) is 12.6. The maximum atomic E-state index is 13.1. The average molecular weight is 247 g/mol. The molecule has 98 valence electrons. The molecule has 0 atom stereocenters. The van der Waals surface area contributed by atoms with E-state index in [1.807, 2.05) is 13.0 Å². The van der Waals surface area contributed by atoms with Crippen LogP contribution in [0.25, 0.3) is 0 Å². The third-order valence-electron chi connectivity index (χ3n) is 4.63. The number of aryl methyl sites for hydroxylation is 1. The molecule has 0 aromatic heterocycles. The van der Waals surface area contributed by atoms with Crippen LogP contribution in [0.3, 0.4) is 0 Å². The Labute approximate surface area is 109 Å². The van der Waals surface area contributed by atoms with Crippen LogP contribution in [0.5, 0.6) is 0 Å². The quantitative estimate of drug-likeness (QED) is 0.838. The van der Waals surface area contributed by atoms with Gasteiger partial charge in [-0.2, -0.15) is 0 Å². The van der Waals surface area contributed by atoms with Gasteiger partial charge in [0.15, 0.2) is 0 Å². The first-order valence-electron chi connectivity index (χ1n) is 7.15. The van der Waals surface area contributed by atoms with Gasteiger partial charge in [-0.15, -0.1) is 0 Å². The lowest BCUT2D eigenvalue weighted by atomic mass is 9.65. The van der Waals surface area contributed by atoms with Crippen LogP contribution in [-0.4, -0.2) is 12.6 Å². The molecule has 0 spiro atoms. The van der Waals surface area contributed by atoms with Gasteiger partial charge in [0.25, 0.3) is 0 Å². The first-order chi connectivity index (χ1) is 8.67. The van der Waals surface area contributed by atoms with E-state index < -0.39 is 0 Å². The van der Waals surface area contributed by atoms with Crippen LogP contribution < -0.4 is 5.32 Å². The van der Waals surface area contributed by atoms with Crippen molar-refractivity contribution >= 4 is 0 Å². The average Bonchev–Trinajstić information content (AvgIpc) is 3.08. The lowest BCUT2D eigenvalue weighted by molar-refractivity contribution is 0.129. The third kappa shape index (κ3) is 2.59. The summed E-state index contributed by atoms with van der Waals surface area (Å²) < 4.78 is 13.1. The van der Waals surface area contributed by atoms with Gasteiger partial charge in [0, 0.05) is 12.6 Å². The molecule has 0 radical (unpaired) electrons. The van der Waals surface area contributed by atoms with Crippen LogP contribution in [0, 0.1) is 18.2 Å². The Balaban J connectivity index is 1.68. The van der Waals surface area contributed by atoms with E-state index in [4.69, 9.17) is 0 Å². The van der Waals surface area contributed by atoms with Crippen molar-refractivity contribution in [1.82, 2.24) is 5.32 Å². The summed E-state index contributed by atoms with van der Waals surface area (Å²) in [7, 11) is 0. The zero-order valence-corrected chi connectivity index (χ0v) is 11.1. The minimum absolute atomic E-state index is 0.116. The van der Waals surface area contributed by atoms with Gasteiger partial charge in [-0.3, -0.25) is 0 Å². The molecule has 18 heavy (non-hydrogen) atoms. The van der Waals surface area contributed by atoms with Gasteiger partial charge in [0.05, 0.1) is 0 Å². The van der Waals surface area contributed by atoms with Gasteiger partial charge in [-0.25, -0.2) is 4.39 Å². The molecule has 2 aliphatic carbocycles. The molecule has 1 aromatic rings. The van der Waals surface area contributed by atoms with Crippen LogP contribution in [0.4, 0.5) is 4.39 Å². The fourth-order valence-electron chi connectivity index (χ4n) is 3.00. The molecule has 0 bridgehead atoms. The molecule has 3 rings (SSSR count). The third-order valence-corrected chi connectivity index (χ3v) is 4.63. The van der Waals surface area contributed by atoms with Gasteiger partial charge in [-0.1, -0.05) is 12.5 Å². The zero-order valence-electron chi connectivity index (χ0n) is 11.1. The van der Waals surface area contributed by atoms with Gasteiger partial charge < -0.3 is 5.32 Å². The molecule has 0 unspecified atom stereocenters. The van der Waals surface area contributed by atoms with Crippen molar-refractivity contribution in [3.05, 3.63) is 35.1 Å². The number of nitrogens with one attached hydrogen (secondary N) is 1. The Bertz CT molecular complexity index is 433. The predicted octanol–water partition coefficient (Wildman–Crippen LogP) is 3.60. The summed E-state index contributed by atoms with van der Waals surface area (Å²) in [6, 6.07) is 6.03. The Morgan fingerprint density at radius 3 is 2.67 bits per heavy atom. The summed E-state index contributed by atoms with van der Waals surface area (Å²) in [5.41, 5.74) is 2.88. The highest BCUT2D eigenvalue weighted by atomic mass is 19.1. The standard InChI is InChI=1S/C16H22FN/c1-12-9-14(17)4-3-13(12)10-16(7-2-8-16)11-18-15-5-6-15/h3-4,9,15,18H,2,5-8,10-11H2,1H3. The Kier molecular flexibility index (Phi) is 3.14. The van der Waals surface area contributed by atoms with Crippen molar-refractivity contribution < 1.29 is 4.39 Å². The van der Waals surface area contributed by atoms with E-state index in [-0.39, 0.29) is 5.82 Å². The normalized spacial score (nSPS) is 21.7. The summed E-state index contributed by atoms with van der Waals surface area (Å²) in [6.07, 6.45) is 7.82. The molecule has 2 saturated carbocycles. The molecule has 0 aliphatic heterocycles. The maximum Gasteiger partial charge on any atom is 0.123 e. The van der Waals surface area contributed by atoms with Crippen LogP contribution in [0.15, 0.2) is 18.2 Å². The van der Waals surface area contributed by atoms with Gasteiger partial charge >= 0.3 is 0 Å². The number of hydrogen-bond acceptors (Lipinski definition) is 1. The van der Waals surface area contributed by atoms with Crippen molar-refractivity contribution in [2.75, 3.05) is 6.54 Å². The largest absolute Gasteiger partial charge is 0.313 e. The van der Waals surface area contributed by atoms with E-state index in [0.717, 1.165) is 24.6 Å². The number of hydrogen-bond donors (Lipinski definition) is 1. The van der Waals surface area contributed by atoms with E-state index in [0.29, 0.717) is 5.41 Å². The van der Waals surface area contributed by atoms with Gasteiger partial charge in [0.2, 0.25) is 0 Å². The monoisotopic (exact) mass is 247 g/mol. The number of rotatable bonds is 5. The molecule has 2 heteroatoms. The molecule has 0 saturated heterocycles. The highest BCUT2D eigenvalue weighted by Crippen LogP contribution is 2.44. The molecule has 0 amide bonds. The summed E-state index contributed by atoms with van der Waals surface area (Å²) in [4.78, 5) is 0. The summed E-state index contributed by atoms with van der Waals surface area (Å²) >= 11 is 0. The minimum atomic E-state index is -0.116. The molecule has 1 nitrogen and oxygen atoms in total. The first kappa shape index (κ1) is 12.2. The van der Waals surface area contributed by atoms with Crippen molar-refractivity contribution in [2.45, 2.75) is 51.5 Å². The topological polar surface area (TPSA) is 12.0 Å². The molecule has 2 aliphatic rings. The maximum absolute atomic E-state index is 13.1. The number of halogens is 1. The second-order valence-corrected chi connectivity index (χ2v) is 6.26. The molecule has 0 heterocycles. The van der Waals surface area contributed by atoms with Crippen molar-refractivity contribution in [3.63, 3.8) is 0 Å². The van der Waals surface area contributed by atoms with Gasteiger partial charge in [0.1, 0.15) is 5.82 Å². The van der Waals surface area contributed by atoms with Gasteiger partial charge in [-0.05, 0) is 67.7 Å². The fourth-order valence-corrected chi connectivity index (χ4v) is 3.00. The van der Waals surface area contributed by atoms with Crippen LogP contribution >= 0.6 is 0 Å². The fraction of sp³-hybridized carbons (Fsp3) is 0.625. The van der Waals surface area contributed by atoms with Crippen molar-refractivity contribution in [3.8, 4) is 0 Å². The second-order valence-electron chi connectivity index (χ2n) is 6.26. The van der Waals surface area contributed by atoms with E-state index in [2.05, 4.69) is 5.32 Å². The highest BCUT2D eigenvalue weighted by Gasteiger charge is 2.38. The lowest BCUT2D eigenvalue weighted by Gasteiger charge is -2.43. The summed E-state index contributed by atoms with van der Waals surface area (Å²) in [5.74, 6) is -0.116. The van der Waals surface area contributed by atoms with Crippen LogP contribution in [0.1, 0.15) is 43.2 Å². The van der Waals surface area contributed by atoms with E-state index >= 15 is 0 Å². The van der Waals surface area contributed by atoms with Crippen molar-refractivity contribution in [1.29, 1.82) is 0 Å². The lowest BCUT2D eigenvalue weighted by Crippen LogP contribution is -2.42. The number of benzene rings is 1. The smallest absolute Gasteiger partial charge is 0.123 e. The van der Waals surface area contributed by atoms with E-state index in [9.17, 15) is 4.39 Å². The predicted molar refractivity (Wildman–Crippen MR) is 72.1 cm³/mol. The Morgan fingerprint density at radius 1 is 1.33 bits per heavy atom. The second kappa shape index (κ2) is 4.65. The SMILES string of the molecule is Cc1cc(F)ccc1CC1(CNC2CC2)CCC1. The van der Waals surface area contributed by atoms with E-state index in [1.54, 1.807) is 12.1 Å². The molecule has 1 aromatic carbocycles. The molecule has 1 N–H and O–H groups in total. The first-order valence-corrected chi connectivity index (χ1v) is 7.15. The van der Waals surface area contributed by atoms with Crippen molar-refractivity contribution in [2.24, 2.45) is 5.41 Å². The highest BCUT2D eigenvalue weighted by molar-refractivity contribution is 5.28. The van der Waals surface area contributed by atoms with Crippen LogP contribution in [0.2, 0.25) is 0 Å². The summed E-state index contributed by atoms with van der Waals surface area (Å²) in [6.45, 7) is 3.17. The summed E-state index contributed by atoms with van der Waals surface area (Å²) in [5, 5.41) is 3.68. The molecular weight excluding hydrogens is 225 g/mol. The molecule has 2 fully saturated rings. The van der Waals surface area contributed by atoms with E-state index in [1.165, 1.54) is 37.7 Å². The Hall–Kier alpha value is -0.890. The van der Waals surface area contributed by atoms with Crippen LogP contribution in [-0.2, 0) is 6.42 Å². The molecular formula is C16H22FN.